The van der Waals surface area contributed by atoms with Crippen LogP contribution >= 0.6 is 12.6 Å². The minimum absolute atomic E-state index is 0.137. The molecule has 2 atom stereocenters. The summed E-state index contributed by atoms with van der Waals surface area (Å²) in [5.41, 5.74) is 1.05. The normalized spacial score (nSPS) is 27.0. The molecule has 1 aliphatic carbocycles. The SMILES string of the molecule is CC1CC(C)CC(NC(=O)Cc2ccc(S)cc2)C1. The van der Waals surface area contributed by atoms with Crippen LogP contribution in [0.1, 0.15) is 38.7 Å². The van der Waals surface area contributed by atoms with Gasteiger partial charge in [0.2, 0.25) is 5.91 Å². The molecule has 1 saturated carbocycles. The Labute approximate surface area is 121 Å². The van der Waals surface area contributed by atoms with E-state index in [2.05, 4.69) is 31.8 Å². The van der Waals surface area contributed by atoms with Gasteiger partial charge in [0, 0.05) is 10.9 Å². The van der Waals surface area contributed by atoms with Gasteiger partial charge in [-0.15, -0.1) is 12.6 Å². The fourth-order valence-corrected chi connectivity index (χ4v) is 3.29. The van der Waals surface area contributed by atoms with Crippen molar-refractivity contribution in [3.63, 3.8) is 0 Å². The summed E-state index contributed by atoms with van der Waals surface area (Å²) < 4.78 is 0. The molecule has 3 heteroatoms. The molecule has 0 saturated heterocycles. The van der Waals surface area contributed by atoms with Crippen molar-refractivity contribution >= 4 is 18.5 Å². The molecule has 0 aromatic heterocycles. The van der Waals surface area contributed by atoms with Crippen LogP contribution in [0.2, 0.25) is 0 Å². The summed E-state index contributed by atoms with van der Waals surface area (Å²) in [6.07, 6.45) is 3.99. The number of nitrogens with one attached hydrogen (secondary N) is 1. The van der Waals surface area contributed by atoms with Gasteiger partial charge in [-0.1, -0.05) is 26.0 Å². The molecular weight excluding hydrogens is 254 g/mol. The zero-order chi connectivity index (χ0) is 13.8. The molecule has 0 spiro atoms. The highest BCUT2D eigenvalue weighted by molar-refractivity contribution is 7.80. The summed E-state index contributed by atoms with van der Waals surface area (Å²) in [5.74, 6) is 1.58. The maximum atomic E-state index is 12.0. The molecule has 1 N–H and O–H groups in total. The van der Waals surface area contributed by atoms with E-state index in [-0.39, 0.29) is 5.91 Å². The summed E-state index contributed by atoms with van der Waals surface area (Å²) in [4.78, 5) is 13.0. The molecule has 19 heavy (non-hydrogen) atoms. The Morgan fingerprint density at radius 1 is 1.16 bits per heavy atom. The predicted octanol–water partition coefficient (Wildman–Crippen LogP) is 3.46. The maximum absolute atomic E-state index is 12.0. The van der Waals surface area contributed by atoms with Crippen molar-refractivity contribution < 1.29 is 4.79 Å². The second kappa shape index (κ2) is 6.47. The number of carbonyl (C=O) groups is 1. The third-order valence-corrected chi connectivity index (χ3v) is 4.14. The number of rotatable bonds is 3. The smallest absolute Gasteiger partial charge is 0.224 e. The van der Waals surface area contributed by atoms with Gasteiger partial charge in [-0.3, -0.25) is 4.79 Å². The Hall–Kier alpha value is -0.960. The highest BCUT2D eigenvalue weighted by Gasteiger charge is 2.24. The molecule has 2 unspecified atom stereocenters. The van der Waals surface area contributed by atoms with Gasteiger partial charge >= 0.3 is 0 Å². The zero-order valence-corrected chi connectivity index (χ0v) is 12.6. The Morgan fingerprint density at radius 2 is 1.74 bits per heavy atom. The van der Waals surface area contributed by atoms with E-state index in [0.29, 0.717) is 12.5 Å². The molecule has 0 aliphatic heterocycles. The van der Waals surface area contributed by atoms with E-state index in [0.717, 1.165) is 35.1 Å². The lowest BCUT2D eigenvalue weighted by atomic mass is 9.80. The molecule has 1 aliphatic rings. The molecule has 1 aromatic carbocycles. The zero-order valence-electron chi connectivity index (χ0n) is 11.7. The van der Waals surface area contributed by atoms with Crippen molar-refractivity contribution in [2.24, 2.45) is 11.8 Å². The monoisotopic (exact) mass is 277 g/mol. The van der Waals surface area contributed by atoms with Crippen LogP contribution in [0.4, 0.5) is 0 Å². The van der Waals surface area contributed by atoms with Crippen molar-refractivity contribution in [2.75, 3.05) is 0 Å². The van der Waals surface area contributed by atoms with Crippen molar-refractivity contribution in [2.45, 2.75) is 50.5 Å². The highest BCUT2D eigenvalue weighted by Crippen LogP contribution is 2.28. The topological polar surface area (TPSA) is 29.1 Å². The van der Waals surface area contributed by atoms with Crippen LogP contribution in [0.25, 0.3) is 0 Å². The average molecular weight is 277 g/mol. The van der Waals surface area contributed by atoms with Gasteiger partial charge in [-0.05, 0) is 48.8 Å². The summed E-state index contributed by atoms with van der Waals surface area (Å²) in [6, 6.07) is 8.14. The average Bonchev–Trinajstić information content (AvgIpc) is 2.30. The number of hydrogen-bond acceptors (Lipinski definition) is 2. The minimum Gasteiger partial charge on any atom is -0.353 e. The van der Waals surface area contributed by atoms with Crippen LogP contribution in [-0.4, -0.2) is 11.9 Å². The number of benzene rings is 1. The Kier molecular flexibility index (Phi) is 4.92. The number of thiol groups is 1. The first-order valence-corrected chi connectivity index (χ1v) is 7.55. The lowest BCUT2D eigenvalue weighted by Crippen LogP contribution is -2.40. The quantitative estimate of drug-likeness (QED) is 0.814. The van der Waals surface area contributed by atoms with Crippen LogP contribution < -0.4 is 5.32 Å². The molecular formula is C16H23NOS. The first-order valence-electron chi connectivity index (χ1n) is 7.10. The molecule has 1 aromatic rings. The van der Waals surface area contributed by atoms with E-state index in [1.165, 1.54) is 6.42 Å². The van der Waals surface area contributed by atoms with Gasteiger partial charge in [0.05, 0.1) is 6.42 Å². The minimum atomic E-state index is 0.137. The van der Waals surface area contributed by atoms with E-state index >= 15 is 0 Å². The van der Waals surface area contributed by atoms with E-state index in [1.807, 2.05) is 24.3 Å². The van der Waals surface area contributed by atoms with E-state index in [4.69, 9.17) is 0 Å². The number of carbonyl (C=O) groups excluding carboxylic acids is 1. The predicted molar refractivity (Wildman–Crippen MR) is 81.5 cm³/mol. The maximum Gasteiger partial charge on any atom is 0.224 e. The van der Waals surface area contributed by atoms with Gasteiger partial charge < -0.3 is 5.32 Å². The van der Waals surface area contributed by atoms with Crippen LogP contribution in [0, 0.1) is 11.8 Å². The third-order valence-electron chi connectivity index (χ3n) is 3.84. The van der Waals surface area contributed by atoms with E-state index < -0.39 is 0 Å². The van der Waals surface area contributed by atoms with Gasteiger partial charge in [0.25, 0.3) is 0 Å². The fourth-order valence-electron chi connectivity index (χ4n) is 3.14. The van der Waals surface area contributed by atoms with Gasteiger partial charge in [0.15, 0.2) is 0 Å². The van der Waals surface area contributed by atoms with Crippen LogP contribution in [0.5, 0.6) is 0 Å². The van der Waals surface area contributed by atoms with Crippen LogP contribution in [-0.2, 0) is 11.2 Å². The Balaban J connectivity index is 1.85. The molecule has 1 fully saturated rings. The molecule has 1 amide bonds. The second-order valence-corrected chi connectivity index (χ2v) is 6.54. The van der Waals surface area contributed by atoms with Crippen molar-refractivity contribution in [1.29, 1.82) is 0 Å². The fraction of sp³-hybridized carbons (Fsp3) is 0.562. The lowest BCUT2D eigenvalue weighted by molar-refractivity contribution is -0.121. The highest BCUT2D eigenvalue weighted by atomic mass is 32.1. The summed E-state index contributed by atoms with van der Waals surface area (Å²) in [6.45, 7) is 4.56. The van der Waals surface area contributed by atoms with E-state index in [9.17, 15) is 4.79 Å². The van der Waals surface area contributed by atoms with Crippen LogP contribution in [0.3, 0.4) is 0 Å². The molecule has 0 radical (unpaired) electrons. The second-order valence-electron chi connectivity index (χ2n) is 6.03. The first kappa shape index (κ1) is 14.4. The molecule has 0 bridgehead atoms. The van der Waals surface area contributed by atoms with Crippen molar-refractivity contribution in [1.82, 2.24) is 5.32 Å². The van der Waals surface area contributed by atoms with Crippen LogP contribution in [0.15, 0.2) is 29.2 Å². The summed E-state index contributed by atoms with van der Waals surface area (Å²) in [7, 11) is 0. The summed E-state index contributed by atoms with van der Waals surface area (Å²) in [5, 5.41) is 3.18. The Bertz CT molecular complexity index is 419. The number of amides is 1. The van der Waals surface area contributed by atoms with Gasteiger partial charge in [-0.2, -0.15) is 0 Å². The van der Waals surface area contributed by atoms with Crippen molar-refractivity contribution in [3.8, 4) is 0 Å². The van der Waals surface area contributed by atoms with Gasteiger partial charge in [-0.25, -0.2) is 0 Å². The standard InChI is InChI=1S/C16H23NOS/c1-11-7-12(2)9-14(8-11)17-16(18)10-13-3-5-15(19)6-4-13/h3-6,11-12,14,19H,7-10H2,1-2H3,(H,17,18). The largest absolute Gasteiger partial charge is 0.353 e. The van der Waals surface area contributed by atoms with E-state index in [1.54, 1.807) is 0 Å². The first-order chi connectivity index (χ1) is 9.02. The molecule has 2 rings (SSSR count). The lowest BCUT2D eigenvalue weighted by Gasteiger charge is -2.32. The number of hydrogen-bond donors (Lipinski definition) is 2. The third kappa shape index (κ3) is 4.57. The molecule has 104 valence electrons. The van der Waals surface area contributed by atoms with Gasteiger partial charge in [0.1, 0.15) is 0 Å². The molecule has 2 nitrogen and oxygen atoms in total. The molecule has 0 heterocycles. The summed E-state index contributed by atoms with van der Waals surface area (Å²) >= 11 is 4.25. The Morgan fingerprint density at radius 3 is 2.32 bits per heavy atom. The van der Waals surface area contributed by atoms with Crippen molar-refractivity contribution in [3.05, 3.63) is 29.8 Å².